The molecule has 1 atom stereocenters. The molecular formula is C13H16N4O3S. The first-order valence-electron chi connectivity index (χ1n) is 6.49. The van der Waals surface area contributed by atoms with Gasteiger partial charge in [0.25, 0.3) is 11.5 Å². The van der Waals surface area contributed by atoms with Gasteiger partial charge in [-0.1, -0.05) is 6.92 Å². The third-order valence-corrected chi connectivity index (χ3v) is 4.25. The van der Waals surface area contributed by atoms with Gasteiger partial charge in [-0.25, -0.2) is 9.78 Å². The smallest absolute Gasteiger partial charge is 0.326 e. The number of amides is 1. The van der Waals surface area contributed by atoms with Gasteiger partial charge in [0, 0.05) is 10.9 Å². The number of hydrogen-bond donors (Lipinski definition) is 3. The van der Waals surface area contributed by atoms with Crippen molar-refractivity contribution < 1.29 is 4.79 Å². The lowest BCUT2D eigenvalue weighted by molar-refractivity contribution is 0.0929. The van der Waals surface area contributed by atoms with E-state index in [-0.39, 0.29) is 11.7 Å². The van der Waals surface area contributed by atoms with Crippen molar-refractivity contribution in [3.8, 4) is 0 Å². The largest absolute Gasteiger partial charge is 0.342 e. The standard InChI is InChI=1S/C13H16N4O3S/c1-4-8(12-14-6(2)7(3)21-12)15-11(19)9-5-10(18)17-13(20)16-9/h5,8H,4H2,1-3H3,(H,15,19)(H2,16,17,18,20)/t8-/m1/s1. The Morgan fingerprint density at radius 1 is 1.38 bits per heavy atom. The number of H-pyrrole nitrogens is 2. The second-order valence-electron chi connectivity index (χ2n) is 4.63. The lowest BCUT2D eigenvalue weighted by Crippen LogP contribution is -2.33. The molecule has 0 aliphatic carbocycles. The molecule has 0 radical (unpaired) electrons. The van der Waals surface area contributed by atoms with Gasteiger partial charge in [0.2, 0.25) is 0 Å². The Kier molecular flexibility index (Phi) is 4.37. The SMILES string of the molecule is CC[C@@H](NC(=O)c1cc(=O)[nH]c(=O)[nH]1)c1nc(C)c(C)s1. The molecule has 0 aliphatic heterocycles. The predicted molar refractivity (Wildman–Crippen MR) is 79.8 cm³/mol. The molecule has 2 aromatic heterocycles. The Morgan fingerprint density at radius 3 is 2.62 bits per heavy atom. The van der Waals surface area contributed by atoms with Gasteiger partial charge < -0.3 is 10.3 Å². The molecule has 0 unspecified atom stereocenters. The van der Waals surface area contributed by atoms with E-state index in [9.17, 15) is 14.4 Å². The van der Waals surface area contributed by atoms with Crippen LogP contribution in [0.3, 0.4) is 0 Å². The van der Waals surface area contributed by atoms with Crippen LogP contribution >= 0.6 is 11.3 Å². The molecule has 0 saturated carbocycles. The molecule has 0 aromatic carbocycles. The molecule has 1 amide bonds. The number of carbonyl (C=O) groups is 1. The maximum atomic E-state index is 12.1. The summed E-state index contributed by atoms with van der Waals surface area (Å²) in [5, 5.41) is 3.59. The van der Waals surface area contributed by atoms with Crippen molar-refractivity contribution in [1.82, 2.24) is 20.3 Å². The summed E-state index contributed by atoms with van der Waals surface area (Å²) >= 11 is 1.52. The zero-order valence-corrected chi connectivity index (χ0v) is 12.8. The van der Waals surface area contributed by atoms with Crippen LogP contribution in [-0.2, 0) is 0 Å². The van der Waals surface area contributed by atoms with Crippen molar-refractivity contribution >= 4 is 17.2 Å². The fourth-order valence-electron chi connectivity index (χ4n) is 1.81. The molecule has 21 heavy (non-hydrogen) atoms. The molecule has 7 nitrogen and oxygen atoms in total. The van der Waals surface area contributed by atoms with Crippen LogP contribution in [-0.4, -0.2) is 20.9 Å². The third-order valence-electron chi connectivity index (χ3n) is 3.06. The second-order valence-corrected chi connectivity index (χ2v) is 5.86. The van der Waals surface area contributed by atoms with E-state index < -0.39 is 17.2 Å². The number of aromatic amines is 2. The van der Waals surface area contributed by atoms with Gasteiger partial charge in [0.15, 0.2) is 0 Å². The summed E-state index contributed by atoms with van der Waals surface area (Å²) in [6.45, 7) is 5.81. The van der Waals surface area contributed by atoms with Crippen LogP contribution in [0, 0.1) is 13.8 Å². The summed E-state index contributed by atoms with van der Waals surface area (Å²) in [5.74, 6) is -0.504. The number of aromatic nitrogens is 3. The van der Waals surface area contributed by atoms with Crippen LogP contribution in [0.25, 0.3) is 0 Å². The normalized spacial score (nSPS) is 12.1. The molecule has 2 aromatic rings. The maximum Gasteiger partial charge on any atom is 0.326 e. The highest BCUT2D eigenvalue weighted by Crippen LogP contribution is 2.24. The molecule has 0 bridgehead atoms. The number of rotatable bonds is 4. The van der Waals surface area contributed by atoms with Gasteiger partial charge in [0.05, 0.1) is 11.7 Å². The van der Waals surface area contributed by atoms with Gasteiger partial charge in [-0.15, -0.1) is 11.3 Å². The Balaban J connectivity index is 2.23. The van der Waals surface area contributed by atoms with E-state index >= 15 is 0 Å². The molecular weight excluding hydrogens is 292 g/mol. The van der Waals surface area contributed by atoms with Crippen molar-refractivity contribution in [3.63, 3.8) is 0 Å². The maximum absolute atomic E-state index is 12.1. The van der Waals surface area contributed by atoms with Crippen LogP contribution < -0.4 is 16.6 Å². The number of carbonyl (C=O) groups excluding carboxylic acids is 1. The van der Waals surface area contributed by atoms with Crippen LogP contribution in [0.15, 0.2) is 15.7 Å². The molecule has 8 heteroatoms. The van der Waals surface area contributed by atoms with Crippen LogP contribution in [0.5, 0.6) is 0 Å². The Morgan fingerprint density at radius 2 is 2.10 bits per heavy atom. The molecule has 112 valence electrons. The Labute approximate surface area is 124 Å². The minimum atomic E-state index is -0.707. The Bertz CT molecular complexity index is 726. The van der Waals surface area contributed by atoms with Crippen molar-refractivity contribution in [2.24, 2.45) is 0 Å². The van der Waals surface area contributed by atoms with E-state index in [4.69, 9.17) is 0 Å². The van der Waals surface area contributed by atoms with E-state index in [1.54, 1.807) is 0 Å². The van der Waals surface area contributed by atoms with Crippen molar-refractivity contribution in [2.45, 2.75) is 33.2 Å². The number of hydrogen-bond acceptors (Lipinski definition) is 5. The number of nitrogens with one attached hydrogen (secondary N) is 3. The second kappa shape index (κ2) is 6.04. The van der Waals surface area contributed by atoms with Gasteiger partial charge in [-0.05, 0) is 20.3 Å². The molecule has 0 aliphatic rings. The van der Waals surface area contributed by atoms with Crippen molar-refractivity contribution in [3.05, 3.63) is 48.2 Å². The highest BCUT2D eigenvalue weighted by atomic mass is 32.1. The van der Waals surface area contributed by atoms with E-state index in [2.05, 4.69) is 15.3 Å². The highest BCUT2D eigenvalue weighted by Gasteiger charge is 2.19. The van der Waals surface area contributed by atoms with Crippen molar-refractivity contribution in [2.75, 3.05) is 0 Å². The first-order valence-corrected chi connectivity index (χ1v) is 7.30. The highest BCUT2D eigenvalue weighted by molar-refractivity contribution is 7.11. The summed E-state index contributed by atoms with van der Waals surface area (Å²) in [6.07, 6.45) is 0.658. The topological polar surface area (TPSA) is 108 Å². The molecule has 2 rings (SSSR count). The summed E-state index contributed by atoms with van der Waals surface area (Å²) in [5.41, 5.74) is -0.445. The lowest BCUT2D eigenvalue weighted by Gasteiger charge is -2.14. The lowest BCUT2D eigenvalue weighted by atomic mass is 10.2. The molecule has 0 saturated heterocycles. The molecule has 0 fully saturated rings. The van der Waals surface area contributed by atoms with Gasteiger partial charge in [0.1, 0.15) is 10.7 Å². The van der Waals surface area contributed by atoms with E-state index in [0.29, 0.717) is 6.42 Å². The summed E-state index contributed by atoms with van der Waals surface area (Å²) < 4.78 is 0. The van der Waals surface area contributed by atoms with E-state index in [0.717, 1.165) is 21.6 Å². The minimum Gasteiger partial charge on any atom is -0.342 e. The fraction of sp³-hybridized carbons (Fsp3) is 0.385. The first-order chi connectivity index (χ1) is 9.90. The monoisotopic (exact) mass is 308 g/mol. The molecule has 0 spiro atoms. The Hall–Kier alpha value is -2.22. The van der Waals surface area contributed by atoms with Gasteiger partial charge in [-0.3, -0.25) is 14.6 Å². The number of thiazole rings is 1. The molecule has 3 N–H and O–H groups in total. The van der Waals surface area contributed by atoms with E-state index in [1.165, 1.54) is 11.3 Å². The van der Waals surface area contributed by atoms with Crippen LogP contribution in [0.2, 0.25) is 0 Å². The average Bonchev–Trinajstić information content (AvgIpc) is 2.74. The first kappa shape index (κ1) is 15.2. The van der Waals surface area contributed by atoms with Gasteiger partial charge >= 0.3 is 5.69 Å². The summed E-state index contributed by atoms with van der Waals surface area (Å²) in [7, 11) is 0. The predicted octanol–water partition coefficient (Wildman–Crippen LogP) is 1.02. The average molecular weight is 308 g/mol. The minimum absolute atomic E-state index is 0.0628. The number of nitrogens with zero attached hydrogens (tertiary/aromatic N) is 1. The summed E-state index contributed by atoms with van der Waals surface area (Å²) in [6, 6.07) is 0.805. The van der Waals surface area contributed by atoms with Gasteiger partial charge in [-0.2, -0.15) is 0 Å². The third kappa shape index (κ3) is 3.46. The van der Waals surface area contributed by atoms with Crippen LogP contribution in [0.4, 0.5) is 0 Å². The summed E-state index contributed by atoms with van der Waals surface area (Å²) in [4.78, 5) is 44.4. The van der Waals surface area contributed by atoms with Crippen LogP contribution in [0.1, 0.15) is 45.5 Å². The number of aryl methyl sites for hydroxylation is 2. The van der Waals surface area contributed by atoms with E-state index in [1.807, 2.05) is 25.8 Å². The molecule has 2 heterocycles. The zero-order valence-electron chi connectivity index (χ0n) is 11.9. The fourth-order valence-corrected chi connectivity index (χ4v) is 2.87. The quantitative estimate of drug-likeness (QED) is 0.783. The van der Waals surface area contributed by atoms with Crippen molar-refractivity contribution in [1.29, 1.82) is 0 Å². The zero-order chi connectivity index (χ0) is 15.6.